The first-order chi connectivity index (χ1) is 9.20. The number of fused-ring (bicyclic) bond motifs is 1. The van der Waals surface area contributed by atoms with E-state index in [0.29, 0.717) is 21.7 Å². The normalized spacial score (nSPS) is 10.5. The molecule has 19 heavy (non-hydrogen) atoms. The Kier molecular flexibility index (Phi) is 2.86. The lowest BCUT2D eigenvalue weighted by Crippen LogP contribution is -2.11. The first kappa shape index (κ1) is 12.0. The van der Waals surface area contributed by atoms with Crippen LogP contribution in [0.4, 0.5) is 0 Å². The average Bonchev–Trinajstić information content (AvgIpc) is 2.77. The third kappa shape index (κ3) is 1.93. The fourth-order valence-electron chi connectivity index (χ4n) is 1.87. The van der Waals surface area contributed by atoms with E-state index in [1.807, 2.05) is 24.3 Å². The maximum Gasteiger partial charge on any atom is 0.273 e. The average molecular weight is 287 g/mol. The van der Waals surface area contributed by atoms with Crippen molar-refractivity contribution in [1.29, 1.82) is 5.26 Å². The van der Waals surface area contributed by atoms with Crippen LogP contribution in [-0.4, -0.2) is 3.96 Å². The Labute approximate surface area is 118 Å². The molecule has 3 aromatic rings. The van der Waals surface area contributed by atoms with Gasteiger partial charge in [-0.25, -0.2) is 3.96 Å². The molecule has 0 spiro atoms. The van der Waals surface area contributed by atoms with Crippen LogP contribution in [0.2, 0.25) is 5.02 Å². The van der Waals surface area contributed by atoms with E-state index >= 15 is 0 Å². The Morgan fingerprint density at radius 3 is 2.74 bits per heavy atom. The van der Waals surface area contributed by atoms with Gasteiger partial charge in [0.25, 0.3) is 5.56 Å². The molecule has 3 nitrogen and oxygen atoms in total. The number of nitrogens with zero attached hydrogens (tertiary/aromatic N) is 2. The molecule has 0 saturated heterocycles. The molecule has 0 amide bonds. The molecular formula is C14H7ClN2OS. The van der Waals surface area contributed by atoms with Crippen LogP contribution in [0.3, 0.4) is 0 Å². The second kappa shape index (κ2) is 4.54. The summed E-state index contributed by atoms with van der Waals surface area (Å²) in [4.78, 5) is 12.3. The maximum atomic E-state index is 12.3. The van der Waals surface area contributed by atoms with Gasteiger partial charge in [-0.3, -0.25) is 4.79 Å². The number of nitriles is 1. The zero-order valence-electron chi connectivity index (χ0n) is 9.63. The molecule has 1 heterocycles. The fraction of sp³-hybridized carbons (Fsp3) is 0. The van der Waals surface area contributed by atoms with Gasteiger partial charge in [-0.2, -0.15) is 5.26 Å². The summed E-state index contributed by atoms with van der Waals surface area (Å²) in [6.45, 7) is 0. The van der Waals surface area contributed by atoms with Crippen LogP contribution < -0.4 is 5.56 Å². The third-order valence-corrected chi connectivity index (χ3v) is 4.20. The highest BCUT2D eigenvalue weighted by atomic mass is 35.5. The Balaban J connectivity index is 2.34. The smallest absolute Gasteiger partial charge is 0.267 e. The SMILES string of the molecule is N#Cc1ccc(Cl)c(-n2sc3ccccc3c2=O)c1. The predicted octanol–water partition coefficient (Wildman–Crippen LogP) is 3.58. The molecular weight excluding hydrogens is 280 g/mol. The van der Waals surface area contributed by atoms with Gasteiger partial charge in [-0.05, 0) is 30.3 Å². The minimum Gasteiger partial charge on any atom is -0.267 e. The zero-order chi connectivity index (χ0) is 13.4. The van der Waals surface area contributed by atoms with Crippen molar-refractivity contribution in [1.82, 2.24) is 3.96 Å². The van der Waals surface area contributed by atoms with Crippen molar-refractivity contribution >= 4 is 33.2 Å². The topological polar surface area (TPSA) is 45.8 Å². The lowest BCUT2D eigenvalue weighted by atomic mass is 10.2. The van der Waals surface area contributed by atoms with E-state index in [0.717, 1.165) is 4.70 Å². The summed E-state index contributed by atoms with van der Waals surface area (Å²) in [7, 11) is 0. The van der Waals surface area contributed by atoms with Gasteiger partial charge in [0.05, 0.1) is 32.4 Å². The number of benzene rings is 2. The summed E-state index contributed by atoms with van der Waals surface area (Å²) in [5.74, 6) is 0. The summed E-state index contributed by atoms with van der Waals surface area (Å²) in [5, 5.41) is 10.0. The minimum atomic E-state index is -0.113. The standard InChI is InChI=1S/C14H7ClN2OS/c15-11-6-5-9(8-16)7-12(11)17-14(18)10-3-1-2-4-13(10)19-17/h1-7H. The van der Waals surface area contributed by atoms with Gasteiger partial charge in [0.15, 0.2) is 0 Å². The van der Waals surface area contributed by atoms with Gasteiger partial charge in [-0.1, -0.05) is 35.3 Å². The lowest BCUT2D eigenvalue weighted by Gasteiger charge is -2.03. The van der Waals surface area contributed by atoms with Crippen LogP contribution in [0.25, 0.3) is 15.8 Å². The molecule has 0 saturated carbocycles. The van der Waals surface area contributed by atoms with Crippen LogP contribution in [0.15, 0.2) is 47.3 Å². The van der Waals surface area contributed by atoms with E-state index in [1.54, 1.807) is 24.3 Å². The minimum absolute atomic E-state index is 0.113. The number of hydrogen-bond donors (Lipinski definition) is 0. The van der Waals surface area contributed by atoms with Gasteiger partial charge < -0.3 is 0 Å². The van der Waals surface area contributed by atoms with Crippen molar-refractivity contribution in [3.05, 3.63) is 63.4 Å². The number of rotatable bonds is 1. The van der Waals surface area contributed by atoms with Crippen molar-refractivity contribution in [2.75, 3.05) is 0 Å². The highest BCUT2D eigenvalue weighted by Gasteiger charge is 2.11. The van der Waals surface area contributed by atoms with Crippen LogP contribution in [0.1, 0.15) is 5.56 Å². The van der Waals surface area contributed by atoms with Crippen molar-refractivity contribution < 1.29 is 0 Å². The van der Waals surface area contributed by atoms with Gasteiger partial charge in [0.1, 0.15) is 0 Å². The molecule has 1 aromatic heterocycles. The van der Waals surface area contributed by atoms with Crippen LogP contribution >= 0.6 is 23.1 Å². The largest absolute Gasteiger partial charge is 0.273 e. The number of aromatic nitrogens is 1. The molecule has 0 unspecified atom stereocenters. The van der Waals surface area contributed by atoms with E-state index in [-0.39, 0.29) is 5.56 Å². The molecule has 0 bridgehead atoms. The molecule has 3 rings (SSSR count). The molecule has 0 fully saturated rings. The van der Waals surface area contributed by atoms with Gasteiger partial charge in [-0.15, -0.1) is 0 Å². The van der Waals surface area contributed by atoms with E-state index in [1.165, 1.54) is 15.5 Å². The monoisotopic (exact) mass is 286 g/mol. The van der Waals surface area contributed by atoms with Gasteiger partial charge in [0, 0.05) is 0 Å². The molecule has 5 heteroatoms. The molecule has 0 aliphatic heterocycles. The first-order valence-electron chi connectivity index (χ1n) is 5.52. The Morgan fingerprint density at radius 1 is 1.21 bits per heavy atom. The van der Waals surface area contributed by atoms with Crippen molar-refractivity contribution in [3.63, 3.8) is 0 Å². The molecule has 0 aliphatic carbocycles. The Hall–Kier alpha value is -2.09. The second-order valence-electron chi connectivity index (χ2n) is 3.96. The highest BCUT2D eigenvalue weighted by Crippen LogP contribution is 2.25. The summed E-state index contributed by atoms with van der Waals surface area (Å²) in [6.07, 6.45) is 0. The molecule has 0 N–H and O–H groups in total. The van der Waals surface area contributed by atoms with Crippen molar-refractivity contribution in [2.24, 2.45) is 0 Å². The summed E-state index contributed by atoms with van der Waals surface area (Å²) >= 11 is 7.45. The van der Waals surface area contributed by atoms with E-state index < -0.39 is 0 Å². The van der Waals surface area contributed by atoms with E-state index in [2.05, 4.69) is 0 Å². The summed E-state index contributed by atoms with van der Waals surface area (Å²) < 4.78 is 2.42. The Morgan fingerprint density at radius 2 is 2.00 bits per heavy atom. The quantitative estimate of drug-likeness (QED) is 0.686. The zero-order valence-corrected chi connectivity index (χ0v) is 11.2. The molecule has 92 valence electrons. The van der Waals surface area contributed by atoms with Crippen molar-refractivity contribution in [3.8, 4) is 11.8 Å². The summed E-state index contributed by atoms with van der Waals surface area (Å²) in [5.41, 5.74) is 0.910. The van der Waals surface area contributed by atoms with Crippen molar-refractivity contribution in [2.45, 2.75) is 0 Å². The summed E-state index contributed by atoms with van der Waals surface area (Å²) in [6, 6.07) is 14.3. The Bertz CT molecular complexity index is 873. The van der Waals surface area contributed by atoms with Crippen LogP contribution in [-0.2, 0) is 0 Å². The number of halogens is 1. The fourth-order valence-corrected chi connectivity index (χ4v) is 3.14. The second-order valence-corrected chi connectivity index (χ2v) is 5.36. The maximum absolute atomic E-state index is 12.3. The molecule has 0 radical (unpaired) electrons. The first-order valence-corrected chi connectivity index (χ1v) is 6.67. The molecule has 2 aromatic carbocycles. The molecule has 0 aliphatic rings. The lowest BCUT2D eigenvalue weighted by molar-refractivity contribution is 1.14. The van der Waals surface area contributed by atoms with E-state index in [4.69, 9.17) is 16.9 Å². The van der Waals surface area contributed by atoms with E-state index in [9.17, 15) is 4.79 Å². The third-order valence-electron chi connectivity index (χ3n) is 2.79. The van der Waals surface area contributed by atoms with Crippen LogP contribution in [0, 0.1) is 11.3 Å². The number of hydrogen-bond acceptors (Lipinski definition) is 3. The predicted molar refractivity (Wildman–Crippen MR) is 77.1 cm³/mol. The van der Waals surface area contributed by atoms with Gasteiger partial charge in [0.2, 0.25) is 0 Å². The van der Waals surface area contributed by atoms with Crippen LogP contribution in [0.5, 0.6) is 0 Å². The van der Waals surface area contributed by atoms with Gasteiger partial charge >= 0.3 is 0 Å². The highest BCUT2D eigenvalue weighted by molar-refractivity contribution is 7.14. The molecule has 0 atom stereocenters.